The van der Waals surface area contributed by atoms with Gasteiger partial charge in [0.05, 0.1) is 0 Å². The van der Waals surface area contributed by atoms with Gasteiger partial charge in [0, 0.05) is 18.6 Å². The van der Waals surface area contributed by atoms with Gasteiger partial charge in [-0.2, -0.15) is 0 Å². The summed E-state index contributed by atoms with van der Waals surface area (Å²) in [5, 5.41) is 0. The largest absolute Gasteiger partial charge is 0.444 e. The quantitative estimate of drug-likeness (QED) is 0.773. The monoisotopic (exact) mass is 270 g/mol. The Balaban J connectivity index is 2.64. The van der Waals surface area contributed by atoms with E-state index < -0.39 is 5.60 Å². The molecule has 1 amide bonds. The van der Waals surface area contributed by atoms with Crippen molar-refractivity contribution < 1.29 is 9.53 Å². The molecule has 1 aliphatic rings. The molecule has 0 N–H and O–H groups in total. The summed E-state index contributed by atoms with van der Waals surface area (Å²) in [4.78, 5) is 16.2. The first-order valence-electron chi connectivity index (χ1n) is 7.24. The Hall–Kier alpha value is -0.770. The first-order valence-corrected chi connectivity index (χ1v) is 7.24. The highest BCUT2D eigenvalue weighted by molar-refractivity contribution is 5.68. The van der Waals surface area contributed by atoms with E-state index in [1.165, 1.54) is 0 Å². The number of hydrogen-bond acceptors (Lipinski definition) is 3. The molecule has 0 aromatic carbocycles. The highest BCUT2D eigenvalue weighted by Crippen LogP contribution is 2.34. The standard InChI is InChI=1S/C15H30N2O2/c1-12(2)15(16(6)7)8-10-17(11-9-15)13(18)19-14(3,4)5/h12H,8-11H2,1-7H3. The summed E-state index contributed by atoms with van der Waals surface area (Å²) in [6.07, 6.45) is 1.84. The van der Waals surface area contributed by atoms with Gasteiger partial charge in [0.1, 0.15) is 5.60 Å². The molecule has 0 radical (unpaired) electrons. The predicted molar refractivity (Wildman–Crippen MR) is 78.3 cm³/mol. The SMILES string of the molecule is CC(C)C1(N(C)C)CCN(C(=O)OC(C)(C)C)CC1. The molecule has 112 valence electrons. The number of rotatable bonds is 2. The molecule has 1 aliphatic heterocycles. The number of amides is 1. The molecule has 1 saturated heterocycles. The highest BCUT2D eigenvalue weighted by atomic mass is 16.6. The van der Waals surface area contributed by atoms with E-state index in [1.807, 2.05) is 25.7 Å². The second-order valence-electron chi connectivity index (χ2n) is 7.12. The van der Waals surface area contributed by atoms with Crippen molar-refractivity contribution in [2.75, 3.05) is 27.2 Å². The topological polar surface area (TPSA) is 32.8 Å². The van der Waals surface area contributed by atoms with Gasteiger partial charge < -0.3 is 14.5 Å². The minimum Gasteiger partial charge on any atom is -0.444 e. The van der Waals surface area contributed by atoms with E-state index in [-0.39, 0.29) is 11.6 Å². The van der Waals surface area contributed by atoms with Crippen LogP contribution in [0, 0.1) is 5.92 Å². The zero-order chi connectivity index (χ0) is 14.8. The second kappa shape index (κ2) is 5.70. The number of piperidine rings is 1. The summed E-state index contributed by atoms with van der Waals surface area (Å²) in [6, 6.07) is 0. The van der Waals surface area contributed by atoms with Crippen molar-refractivity contribution in [2.24, 2.45) is 5.92 Å². The van der Waals surface area contributed by atoms with Crippen LogP contribution < -0.4 is 0 Å². The third-order valence-electron chi connectivity index (χ3n) is 4.25. The van der Waals surface area contributed by atoms with Crippen molar-refractivity contribution in [3.63, 3.8) is 0 Å². The smallest absolute Gasteiger partial charge is 0.410 e. The molecule has 4 heteroatoms. The molecule has 0 saturated carbocycles. The molecule has 0 atom stereocenters. The number of ether oxygens (including phenoxy) is 1. The van der Waals surface area contributed by atoms with Gasteiger partial charge in [-0.15, -0.1) is 0 Å². The summed E-state index contributed by atoms with van der Waals surface area (Å²) in [5.41, 5.74) is -0.205. The number of nitrogens with zero attached hydrogens (tertiary/aromatic N) is 2. The third kappa shape index (κ3) is 3.85. The maximum Gasteiger partial charge on any atom is 0.410 e. The lowest BCUT2D eigenvalue weighted by molar-refractivity contribution is -0.00900. The van der Waals surface area contributed by atoms with Gasteiger partial charge in [-0.1, -0.05) is 13.8 Å². The van der Waals surface area contributed by atoms with Crippen LogP contribution in [-0.2, 0) is 4.74 Å². The summed E-state index contributed by atoms with van der Waals surface area (Å²) < 4.78 is 5.44. The van der Waals surface area contributed by atoms with Crippen molar-refractivity contribution in [1.82, 2.24) is 9.80 Å². The average Bonchev–Trinajstić information content (AvgIpc) is 2.26. The summed E-state index contributed by atoms with van der Waals surface area (Å²) in [6.45, 7) is 11.8. The normalized spacial score (nSPS) is 19.9. The minimum absolute atomic E-state index is 0.177. The maximum absolute atomic E-state index is 12.1. The van der Waals surface area contributed by atoms with Crippen LogP contribution in [0.1, 0.15) is 47.5 Å². The molecule has 0 spiro atoms. The molecule has 19 heavy (non-hydrogen) atoms. The van der Waals surface area contributed by atoms with Crippen LogP contribution in [0.2, 0.25) is 0 Å². The molecule has 0 aromatic heterocycles. The van der Waals surface area contributed by atoms with Gasteiger partial charge in [0.2, 0.25) is 0 Å². The van der Waals surface area contributed by atoms with E-state index in [1.54, 1.807) is 0 Å². The van der Waals surface area contributed by atoms with Gasteiger partial charge in [0.15, 0.2) is 0 Å². The predicted octanol–water partition coefficient (Wildman–Crippen LogP) is 2.97. The van der Waals surface area contributed by atoms with E-state index in [0.717, 1.165) is 25.9 Å². The van der Waals surface area contributed by atoms with Crippen LogP contribution in [0.5, 0.6) is 0 Å². The fourth-order valence-corrected chi connectivity index (χ4v) is 2.94. The van der Waals surface area contributed by atoms with E-state index >= 15 is 0 Å². The van der Waals surface area contributed by atoms with Crippen molar-refractivity contribution >= 4 is 6.09 Å². The Morgan fingerprint density at radius 3 is 2.00 bits per heavy atom. The molecule has 1 rings (SSSR count). The van der Waals surface area contributed by atoms with Crippen molar-refractivity contribution in [1.29, 1.82) is 0 Å². The van der Waals surface area contributed by atoms with E-state index in [4.69, 9.17) is 4.74 Å². The maximum atomic E-state index is 12.1. The first kappa shape index (κ1) is 16.3. The molecule has 0 aliphatic carbocycles. The fourth-order valence-electron chi connectivity index (χ4n) is 2.94. The molecule has 0 unspecified atom stereocenters. The van der Waals surface area contributed by atoms with Crippen LogP contribution >= 0.6 is 0 Å². The van der Waals surface area contributed by atoms with Crippen molar-refractivity contribution in [2.45, 2.75) is 58.6 Å². The van der Waals surface area contributed by atoms with Crippen LogP contribution in [0.3, 0.4) is 0 Å². The lowest BCUT2D eigenvalue weighted by Gasteiger charge is -2.49. The molecule has 0 aromatic rings. The van der Waals surface area contributed by atoms with Gasteiger partial charge >= 0.3 is 6.09 Å². The molecular weight excluding hydrogens is 240 g/mol. The van der Waals surface area contributed by atoms with Gasteiger partial charge in [-0.25, -0.2) is 4.79 Å². The molecule has 1 heterocycles. The Morgan fingerprint density at radius 2 is 1.68 bits per heavy atom. The minimum atomic E-state index is -0.411. The van der Waals surface area contributed by atoms with Gasteiger partial charge in [-0.05, 0) is 53.6 Å². The molecule has 0 bridgehead atoms. The molecular formula is C15H30N2O2. The van der Waals surface area contributed by atoms with E-state index in [0.29, 0.717) is 5.92 Å². The lowest BCUT2D eigenvalue weighted by Crippen LogP contribution is -2.57. The van der Waals surface area contributed by atoms with Crippen LogP contribution in [-0.4, -0.2) is 54.2 Å². The van der Waals surface area contributed by atoms with Crippen molar-refractivity contribution in [3.05, 3.63) is 0 Å². The van der Waals surface area contributed by atoms with Gasteiger partial charge in [0.25, 0.3) is 0 Å². The highest BCUT2D eigenvalue weighted by Gasteiger charge is 2.40. The van der Waals surface area contributed by atoms with Crippen LogP contribution in [0.4, 0.5) is 4.79 Å². The average molecular weight is 270 g/mol. The molecule has 1 fully saturated rings. The van der Waals surface area contributed by atoms with E-state index in [2.05, 4.69) is 32.8 Å². The lowest BCUT2D eigenvalue weighted by atomic mass is 9.77. The summed E-state index contributed by atoms with van der Waals surface area (Å²) in [5.74, 6) is 0.586. The first-order chi connectivity index (χ1) is 8.58. The van der Waals surface area contributed by atoms with Crippen molar-refractivity contribution in [3.8, 4) is 0 Å². The number of carbonyl (C=O) groups is 1. The zero-order valence-electron chi connectivity index (χ0n) is 13.6. The van der Waals surface area contributed by atoms with Crippen LogP contribution in [0.15, 0.2) is 0 Å². The summed E-state index contributed by atoms with van der Waals surface area (Å²) >= 11 is 0. The Bertz CT molecular complexity index is 301. The molecule has 4 nitrogen and oxygen atoms in total. The Morgan fingerprint density at radius 1 is 1.21 bits per heavy atom. The number of hydrogen-bond donors (Lipinski definition) is 0. The third-order valence-corrected chi connectivity index (χ3v) is 4.25. The van der Waals surface area contributed by atoms with Gasteiger partial charge in [-0.3, -0.25) is 0 Å². The zero-order valence-corrected chi connectivity index (χ0v) is 13.6. The second-order valence-corrected chi connectivity index (χ2v) is 7.12. The number of carbonyl (C=O) groups excluding carboxylic acids is 1. The summed E-state index contributed by atoms with van der Waals surface area (Å²) in [7, 11) is 4.28. The van der Waals surface area contributed by atoms with Crippen LogP contribution in [0.25, 0.3) is 0 Å². The number of likely N-dealkylation sites (tertiary alicyclic amines) is 1. The van der Waals surface area contributed by atoms with E-state index in [9.17, 15) is 4.79 Å². The Labute approximate surface area is 118 Å². The fraction of sp³-hybridized carbons (Fsp3) is 0.933. The Kier molecular flexibility index (Phi) is 4.88.